The molecule has 0 spiro atoms. The van der Waals surface area contributed by atoms with Crippen LogP contribution in [0.25, 0.3) is 11.4 Å². The lowest BCUT2D eigenvalue weighted by Gasteiger charge is -2.06. The van der Waals surface area contributed by atoms with Gasteiger partial charge in [0.15, 0.2) is 5.82 Å². The summed E-state index contributed by atoms with van der Waals surface area (Å²) in [5.41, 5.74) is 1.92. The second-order valence-corrected chi connectivity index (χ2v) is 7.15. The van der Waals surface area contributed by atoms with Crippen LogP contribution in [0.3, 0.4) is 0 Å². The van der Waals surface area contributed by atoms with Crippen LogP contribution < -0.4 is 11.2 Å². The third-order valence-electron chi connectivity index (χ3n) is 3.73. The van der Waals surface area contributed by atoms with Crippen molar-refractivity contribution in [3.63, 3.8) is 0 Å². The summed E-state index contributed by atoms with van der Waals surface area (Å²) >= 11 is 6.86. The Morgan fingerprint density at radius 3 is 2.68 bits per heavy atom. The van der Waals surface area contributed by atoms with Crippen molar-refractivity contribution >= 4 is 40.6 Å². The zero-order valence-electron chi connectivity index (χ0n) is 14.6. The predicted octanol–water partition coefficient (Wildman–Crippen LogP) is 3.26. The normalized spacial score (nSPS) is 10.6. The van der Waals surface area contributed by atoms with E-state index in [1.165, 1.54) is 22.9 Å². The second-order valence-electron chi connectivity index (χ2n) is 5.80. The molecule has 28 heavy (non-hydrogen) atoms. The van der Waals surface area contributed by atoms with Gasteiger partial charge in [-0.15, -0.1) is 10.2 Å². The average molecular weight is 419 g/mol. The fourth-order valence-corrected chi connectivity index (χ4v) is 3.18. The molecule has 1 amide bonds. The molecule has 3 rings (SSSR count). The highest BCUT2D eigenvalue weighted by atomic mass is 35.5. The summed E-state index contributed by atoms with van der Waals surface area (Å²) in [4.78, 5) is 22.4. The summed E-state index contributed by atoms with van der Waals surface area (Å²) in [6.07, 6.45) is 0. The van der Waals surface area contributed by atoms with E-state index in [1.54, 1.807) is 0 Å². The minimum atomic E-state index is -0.615. The monoisotopic (exact) mass is 418 g/mol. The maximum atomic E-state index is 12.1. The number of rotatable bonds is 6. The van der Waals surface area contributed by atoms with Crippen LogP contribution in [0, 0.1) is 17.0 Å². The summed E-state index contributed by atoms with van der Waals surface area (Å²) in [6.45, 7) is 1.98. The summed E-state index contributed by atoms with van der Waals surface area (Å²) in [5.74, 6) is 6.14. The number of anilines is 1. The molecular weight excluding hydrogens is 404 g/mol. The van der Waals surface area contributed by atoms with Gasteiger partial charge in [0, 0.05) is 17.3 Å². The van der Waals surface area contributed by atoms with Crippen molar-refractivity contribution < 1.29 is 9.72 Å². The zero-order valence-corrected chi connectivity index (χ0v) is 16.2. The van der Waals surface area contributed by atoms with E-state index in [0.29, 0.717) is 11.0 Å². The molecule has 0 saturated heterocycles. The van der Waals surface area contributed by atoms with Crippen molar-refractivity contribution in [2.75, 3.05) is 16.9 Å². The zero-order chi connectivity index (χ0) is 20.3. The van der Waals surface area contributed by atoms with Crippen LogP contribution in [0.2, 0.25) is 5.02 Å². The molecular formula is C17H15ClN6O3S. The standard InChI is InChI=1S/C17H15ClN6O3S/c1-10-2-4-11(5-3-10)16-21-22-17(23(16)19)28-9-15(25)20-12-6-7-13(18)14(8-12)24(26)27/h2-8H,9,19H2,1H3,(H,20,25). The van der Waals surface area contributed by atoms with Crippen LogP contribution in [-0.4, -0.2) is 31.5 Å². The smallest absolute Gasteiger partial charge is 0.289 e. The van der Waals surface area contributed by atoms with Gasteiger partial charge in [0.25, 0.3) is 5.69 Å². The number of nitro benzene ring substituents is 1. The summed E-state index contributed by atoms with van der Waals surface area (Å²) in [5, 5.41) is 21.9. The van der Waals surface area contributed by atoms with Crippen molar-refractivity contribution in [2.24, 2.45) is 0 Å². The highest BCUT2D eigenvalue weighted by Gasteiger charge is 2.16. The van der Waals surface area contributed by atoms with Crippen LogP contribution >= 0.6 is 23.4 Å². The molecule has 0 unspecified atom stereocenters. The topological polar surface area (TPSA) is 129 Å². The Balaban J connectivity index is 1.65. The first-order valence-electron chi connectivity index (χ1n) is 7.99. The van der Waals surface area contributed by atoms with E-state index < -0.39 is 4.92 Å². The van der Waals surface area contributed by atoms with Gasteiger partial charge < -0.3 is 11.2 Å². The van der Waals surface area contributed by atoms with E-state index in [2.05, 4.69) is 15.5 Å². The van der Waals surface area contributed by atoms with Crippen LogP contribution in [-0.2, 0) is 4.79 Å². The molecule has 0 aliphatic carbocycles. The minimum Gasteiger partial charge on any atom is -0.335 e. The molecule has 1 heterocycles. The van der Waals surface area contributed by atoms with Crippen LogP contribution in [0.4, 0.5) is 11.4 Å². The van der Waals surface area contributed by atoms with Gasteiger partial charge in [-0.1, -0.05) is 53.2 Å². The molecule has 0 bridgehead atoms. The number of nitro groups is 1. The summed E-state index contributed by atoms with van der Waals surface area (Å²) in [7, 11) is 0. The van der Waals surface area contributed by atoms with Gasteiger partial charge in [-0.05, 0) is 19.1 Å². The Kier molecular flexibility index (Phi) is 5.81. The lowest BCUT2D eigenvalue weighted by Crippen LogP contribution is -2.16. The number of aromatic nitrogens is 3. The van der Waals surface area contributed by atoms with E-state index in [4.69, 9.17) is 17.4 Å². The number of thioether (sulfide) groups is 1. The highest BCUT2D eigenvalue weighted by molar-refractivity contribution is 7.99. The number of nitrogens with two attached hydrogens (primary N) is 1. The molecule has 3 N–H and O–H groups in total. The number of halogens is 1. The van der Waals surface area contributed by atoms with Crippen LogP contribution in [0.5, 0.6) is 0 Å². The van der Waals surface area contributed by atoms with Gasteiger partial charge in [-0.3, -0.25) is 14.9 Å². The molecule has 0 radical (unpaired) electrons. The summed E-state index contributed by atoms with van der Waals surface area (Å²) < 4.78 is 1.32. The van der Waals surface area contributed by atoms with E-state index in [9.17, 15) is 14.9 Å². The Morgan fingerprint density at radius 1 is 1.29 bits per heavy atom. The number of hydrogen-bond acceptors (Lipinski definition) is 7. The lowest BCUT2D eigenvalue weighted by molar-refractivity contribution is -0.384. The molecule has 144 valence electrons. The molecule has 2 aromatic carbocycles. The number of benzene rings is 2. The SMILES string of the molecule is Cc1ccc(-c2nnc(SCC(=O)Nc3ccc(Cl)c([N+](=O)[O-])c3)n2N)cc1. The van der Waals surface area contributed by atoms with E-state index >= 15 is 0 Å². The van der Waals surface area contributed by atoms with Gasteiger partial charge in [0.1, 0.15) is 5.02 Å². The number of carbonyl (C=O) groups is 1. The van der Waals surface area contributed by atoms with Gasteiger partial charge in [0.2, 0.25) is 11.1 Å². The van der Waals surface area contributed by atoms with Crippen molar-refractivity contribution in [1.82, 2.24) is 14.9 Å². The first-order chi connectivity index (χ1) is 13.3. The number of hydrogen-bond donors (Lipinski definition) is 2. The fourth-order valence-electron chi connectivity index (χ4n) is 2.33. The highest BCUT2D eigenvalue weighted by Crippen LogP contribution is 2.27. The average Bonchev–Trinajstić information content (AvgIpc) is 3.02. The molecule has 3 aromatic rings. The molecule has 0 aliphatic rings. The van der Waals surface area contributed by atoms with Gasteiger partial charge in [-0.2, -0.15) is 0 Å². The number of nitrogens with zero attached hydrogens (tertiary/aromatic N) is 4. The molecule has 1 aromatic heterocycles. The molecule has 0 atom stereocenters. The number of carbonyl (C=O) groups excluding carboxylic acids is 1. The quantitative estimate of drug-likeness (QED) is 0.272. The third kappa shape index (κ3) is 4.41. The minimum absolute atomic E-state index is 0.000342. The largest absolute Gasteiger partial charge is 0.335 e. The Labute approximate surface area is 169 Å². The van der Waals surface area contributed by atoms with Crippen molar-refractivity contribution in [1.29, 1.82) is 0 Å². The molecule has 0 saturated carbocycles. The first-order valence-corrected chi connectivity index (χ1v) is 9.35. The van der Waals surface area contributed by atoms with Crippen LogP contribution in [0.1, 0.15) is 5.56 Å². The maximum absolute atomic E-state index is 12.1. The number of nitrogens with one attached hydrogen (secondary N) is 1. The molecule has 0 aliphatic heterocycles. The Morgan fingerprint density at radius 2 is 2.00 bits per heavy atom. The molecule has 9 nitrogen and oxygen atoms in total. The number of aryl methyl sites for hydroxylation is 1. The van der Waals surface area contributed by atoms with E-state index in [-0.39, 0.29) is 28.1 Å². The van der Waals surface area contributed by atoms with E-state index in [1.807, 2.05) is 31.2 Å². The number of amides is 1. The van der Waals surface area contributed by atoms with Crippen LogP contribution in [0.15, 0.2) is 47.6 Å². The fraction of sp³-hybridized carbons (Fsp3) is 0.118. The lowest BCUT2D eigenvalue weighted by atomic mass is 10.1. The maximum Gasteiger partial charge on any atom is 0.289 e. The van der Waals surface area contributed by atoms with Crippen molar-refractivity contribution in [3.8, 4) is 11.4 Å². The number of nitrogen functional groups attached to an aromatic ring is 1. The predicted molar refractivity (Wildman–Crippen MR) is 108 cm³/mol. The molecule has 0 fully saturated rings. The summed E-state index contributed by atoms with van der Waals surface area (Å²) in [6, 6.07) is 11.7. The van der Waals surface area contributed by atoms with Gasteiger partial charge >= 0.3 is 0 Å². The molecule has 11 heteroatoms. The van der Waals surface area contributed by atoms with Gasteiger partial charge in [0.05, 0.1) is 10.7 Å². The van der Waals surface area contributed by atoms with Gasteiger partial charge in [-0.25, -0.2) is 4.68 Å². The van der Waals surface area contributed by atoms with Crippen molar-refractivity contribution in [3.05, 3.63) is 63.2 Å². The van der Waals surface area contributed by atoms with E-state index in [0.717, 1.165) is 22.9 Å². The second kappa shape index (κ2) is 8.28. The first kappa shape index (κ1) is 19.6. The Hall–Kier alpha value is -3.11. The third-order valence-corrected chi connectivity index (χ3v) is 5.00. The Bertz CT molecular complexity index is 1040. The van der Waals surface area contributed by atoms with Crippen molar-refractivity contribution in [2.45, 2.75) is 12.1 Å².